The zero-order chi connectivity index (χ0) is 19.7. The van der Waals surface area contributed by atoms with Crippen molar-refractivity contribution in [1.82, 2.24) is 19.3 Å². The third-order valence-electron chi connectivity index (χ3n) is 5.10. The molecule has 4 rings (SSSR count). The number of imidazole rings is 1. The minimum atomic E-state index is -0.129. The van der Waals surface area contributed by atoms with Gasteiger partial charge in [0.05, 0.1) is 24.3 Å². The molecule has 0 atom stereocenters. The molecule has 0 bridgehead atoms. The monoisotopic (exact) mass is 376 g/mol. The second kappa shape index (κ2) is 7.48. The Hall–Kier alpha value is -3.12. The van der Waals surface area contributed by atoms with Crippen molar-refractivity contribution in [2.45, 2.75) is 40.5 Å². The van der Waals surface area contributed by atoms with Gasteiger partial charge in [0.2, 0.25) is 0 Å². The van der Waals surface area contributed by atoms with Crippen LogP contribution >= 0.6 is 0 Å². The Morgan fingerprint density at radius 2 is 1.86 bits per heavy atom. The lowest BCUT2D eigenvalue weighted by molar-refractivity contribution is 0.248. The summed E-state index contributed by atoms with van der Waals surface area (Å²) in [4.78, 5) is 4.69. The number of aliphatic hydroxyl groups is 1. The first kappa shape index (κ1) is 18.3. The standard InChI is InChI=1S/C22H24N4O2/c1-4-26-16(3)19(15(2)24-26)12-25-14-23-21(17-8-6-5-7-9-17)22(25)20-11-10-18(13-27)28-20/h5-11,14,27H,4,12-13H2,1-3H3. The largest absolute Gasteiger partial charge is 0.457 e. The fourth-order valence-electron chi connectivity index (χ4n) is 3.60. The van der Waals surface area contributed by atoms with Crippen molar-refractivity contribution in [3.63, 3.8) is 0 Å². The fraction of sp³-hybridized carbons (Fsp3) is 0.273. The number of aryl methyl sites for hydroxylation is 2. The molecule has 0 aliphatic rings. The van der Waals surface area contributed by atoms with Crippen molar-refractivity contribution in [1.29, 1.82) is 0 Å². The number of aromatic nitrogens is 4. The number of benzene rings is 1. The Morgan fingerprint density at radius 1 is 1.07 bits per heavy atom. The van der Waals surface area contributed by atoms with E-state index in [2.05, 4.69) is 23.5 Å². The van der Waals surface area contributed by atoms with E-state index in [4.69, 9.17) is 9.40 Å². The molecule has 0 aliphatic heterocycles. The van der Waals surface area contributed by atoms with E-state index in [1.165, 1.54) is 5.56 Å². The molecule has 1 N–H and O–H groups in total. The number of rotatable bonds is 6. The van der Waals surface area contributed by atoms with Gasteiger partial charge < -0.3 is 14.1 Å². The number of aliphatic hydroxyl groups excluding tert-OH is 1. The maximum Gasteiger partial charge on any atom is 0.153 e. The lowest BCUT2D eigenvalue weighted by atomic mass is 10.1. The SMILES string of the molecule is CCn1nc(C)c(Cn2cnc(-c3ccccc3)c2-c2ccc(CO)o2)c1C. The van der Waals surface area contributed by atoms with Crippen LogP contribution in [0.3, 0.4) is 0 Å². The summed E-state index contributed by atoms with van der Waals surface area (Å²) in [5, 5.41) is 14.1. The zero-order valence-electron chi connectivity index (χ0n) is 16.4. The van der Waals surface area contributed by atoms with E-state index in [0.29, 0.717) is 18.1 Å². The molecule has 0 saturated carbocycles. The summed E-state index contributed by atoms with van der Waals surface area (Å²) < 4.78 is 9.99. The Bertz CT molecular complexity index is 1090. The summed E-state index contributed by atoms with van der Waals surface area (Å²) in [6, 6.07) is 13.8. The molecule has 0 fully saturated rings. The van der Waals surface area contributed by atoms with Gasteiger partial charge in [0.15, 0.2) is 5.76 Å². The number of nitrogens with zero attached hydrogens (tertiary/aromatic N) is 4. The van der Waals surface area contributed by atoms with E-state index in [0.717, 1.165) is 34.9 Å². The maximum absolute atomic E-state index is 9.41. The normalized spacial score (nSPS) is 11.3. The second-order valence-electron chi connectivity index (χ2n) is 6.82. The molecular formula is C22H24N4O2. The Balaban J connectivity index is 1.84. The van der Waals surface area contributed by atoms with Crippen molar-refractivity contribution in [3.8, 4) is 22.7 Å². The van der Waals surface area contributed by atoms with Crippen molar-refractivity contribution in [2.24, 2.45) is 0 Å². The van der Waals surface area contributed by atoms with E-state index in [1.54, 1.807) is 6.07 Å². The molecule has 6 nitrogen and oxygen atoms in total. The second-order valence-corrected chi connectivity index (χ2v) is 6.82. The molecule has 1 aromatic carbocycles. The van der Waals surface area contributed by atoms with E-state index in [9.17, 15) is 5.11 Å². The first-order chi connectivity index (χ1) is 13.6. The van der Waals surface area contributed by atoms with Gasteiger partial charge in [-0.15, -0.1) is 0 Å². The van der Waals surface area contributed by atoms with Gasteiger partial charge in [-0.3, -0.25) is 4.68 Å². The van der Waals surface area contributed by atoms with Crippen molar-refractivity contribution < 1.29 is 9.52 Å². The minimum Gasteiger partial charge on any atom is -0.457 e. The summed E-state index contributed by atoms with van der Waals surface area (Å²) in [6.45, 7) is 7.61. The number of hydrogen-bond acceptors (Lipinski definition) is 4. The molecule has 28 heavy (non-hydrogen) atoms. The van der Waals surface area contributed by atoms with Crippen LogP contribution < -0.4 is 0 Å². The van der Waals surface area contributed by atoms with Crippen molar-refractivity contribution >= 4 is 0 Å². The van der Waals surface area contributed by atoms with Crippen molar-refractivity contribution in [3.05, 3.63) is 71.5 Å². The molecule has 0 unspecified atom stereocenters. The number of hydrogen-bond donors (Lipinski definition) is 1. The van der Waals surface area contributed by atoms with Gasteiger partial charge in [0, 0.05) is 23.4 Å². The van der Waals surface area contributed by atoms with Crippen LogP contribution in [0.5, 0.6) is 0 Å². The van der Waals surface area contributed by atoms with E-state index in [-0.39, 0.29) is 6.61 Å². The predicted octanol–water partition coefficient (Wildman–Crippen LogP) is 4.18. The summed E-state index contributed by atoms with van der Waals surface area (Å²) in [5.74, 6) is 1.23. The van der Waals surface area contributed by atoms with Gasteiger partial charge in [-0.05, 0) is 32.9 Å². The van der Waals surface area contributed by atoms with Gasteiger partial charge in [-0.1, -0.05) is 30.3 Å². The van der Waals surface area contributed by atoms with Crippen molar-refractivity contribution in [2.75, 3.05) is 0 Å². The van der Waals surface area contributed by atoms with Crippen LogP contribution in [-0.2, 0) is 19.7 Å². The molecule has 3 aromatic heterocycles. The first-order valence-corrected chi connectivity index (χ1v) is 9.45. The lowest BCUT2D eigenvalue weighted by Crippen LogP contribution is -2.04. The summed E-state index contributed by atoms with van der Waals surface area (Å²) in [6.07, 6.45) is 1.85. The highest BCUT2D eigenvalue weighted by Gasteiger charge is 2.20. The van der Waals surface area contributed by atoms with Gasteiger partial charge in [0.25, 0.3) is 0 Å². The van der Waals surface area contributed by atoms with Crippen LogP contribution in [0.25, 0.3) is 22.7 Å². The van der Waals surface area contributed by atoms with E-state index in [1.807, 2.05) is 54.3 Å². The molecule has 0 radical (unpaired) electrons. The molecule has 0 aliphatic carbocycles. The maximum atomic E-state index is 9.41. The molecular weight excluding hydrogens is 352 g/mol. The van der Waals surface area contributed by atoms with Crippen LogP contribution in [0.1, 0.15) is 29.6 Å². The number of furan rings is 1. The van der Waals surface area contributed by atoms with Crippen LogP contribution in [0, 0.1) is 13.8 Å². The predicted molar refractivity (Wildman–Crippen MR) is 108 cm³/mol. The molecule has 4 aromatic rings. The molecule has 6 heteroatoms. The van der Waals surface area contributed by atoms with E-state index >= 15 is 0 Å². The average Bonchev–Trinajstić information content (AvgIpc) is 3.42. The Labute approximate surface area is 164 Å². The average molecular weight is 376 g/mol. The molecule has 0 spiro atoms. The Morgan fingerprint density at radius 3 is 2.50 bits per heavy atom. The van der Waals surface area contributed by atoms with E-state index < -0.39 is 0 Å². The summed E-state index contributed by atoms with van der Waals surface area (Å²) in [5.41, 5.74) is 6.16. The van der Waals surface area contributed by atoms with Crippen LogP contribution in [0.15, 0.2) is 53.2 Å². The highest BCUT2D eigenvalue weighted by Crippen LogP contribution is 2.33. The smallest absolute Gasteiger partial charge is 0.153 e. The van der Waals surface area contributed by atoms with Gasteiger partial charge >= 0.3 is 0 Å². The quantitative estimate of drug-likeness (QED) is 0.548. The molecule has 0 amide bonds. The van der Waals surface area contributed by atoms with Crippen LogP contribution in [0.2, 0.25) is 0 Å². The first-order valence-electron chi connectivity index (χ1n) is 9.45. The van der Waals surface area contributed by atoms with Gasteiger partial charge in [-0.2, -0.15) is 5.10 Å². The highest BCUT2D eigenvalue weighted by molar-refractivity contribution is 5.76. The third kappa shape index (κ3) is 3.16. The molecule has 0 saturated heterocycles. The third-order valence-corrected chi connectivity index (χ3v) is 5.10. The highest BCUT2D eigenvalue weighted by atomic mass is 16.4. The van der Waals surface area contributed by atoms with Gasteiger partial charge in [-0.25, -0.2) is 4.98 Å². The Kier molecular flexibility index (Phi) is 4.88. The fourth-order valence-corrected chi connectivity index (χ4v) is 3.60. The summed E-state index contributed by atoms with van der Waals surface area (Å²) >= 11 is 0. The lowest BCUT2D eigenvalue weighted by Gasteiger charge is -2.10. The molecule has 144 valence electrons. The topological polar surface area (TPSA) is 69.0 Å². The van der Waals surface area contributed by atoms with Crippen LogP contribution in [-0.4, -0.2) is 24.4 Å². The molecule has 3 heterocycles. The minimum absolute atomic E-state index is 0.129. The zero-order valence-corrected chi connectivity index (χ0v) is 16.4. The van der Waals surface area contributed by atoms with Crippen LogP contribution in [0.4, 0.5) is 0 Å². The summed E-state index contributed by atoms with van der Waals surface area (Å²) in [7, 11) is 0. The van der Waals surface area contributed by atoms with Gasteiger partial charge in [0.1, 0.15) is 18.1 Å².